The molecule has 0 aliphatic carbocycles. The Morgan fingerprint density at radius 2 is 1.89 bits per heavy atom. The normalized spacial score (nSPS) is 19.1. The molecule has 0 atom stereocenters. The molecule has 3 saturated heterocycles. The zero-order valence-electron chi connectivity index (χ0n) is 19.8. The Morgan fingerprint density at radius 1 is 1.11 bits per heavy atom. The van der Waals surface area contributed by atoms with E-state index in [-0.39, 0.29) is 17.5 Å². The molecule has 0 saturated carbocycles. The number of hydrogen-bond donors (Lipinski definition) is 2. The van der Waals surface area contributed by atoms with E-state index in [1.807, 2.05) is 18.2 Å². The number of benzene rings is 2. The largest absolute Gasteiger partial charge is 0.493 e. The molecule has 3 aliphatic heterocycles. The molecule has 5 rings (SSSR count). The second-order valence-electron chi connectivity index (χ2n) is 9.30. The molecule has 0 unspecified atom stereocenters. The van der Waals surface area contributed by atoms with Crippen molar-refractivity contribution in [3.05, 3.63) is 59.7 Å². The maximum atomic E-state index is 12.5. The fourth-order valence-corrected chi connectivity index (χ4v) is 4.83. The van der Waals surface area contributed by atoms with Crippen molar-refractivity contribution in [1.82, 2.24) is 9.80 Å². The molecule has 9 nitrogen and oxygen atoms in total. The van der Waals surface area contributed by atoms with E-state index in [1.165, 1.54) is 23.3 Å². The van der Waals surface area contributed by atoms with Crippen molar-refractivity contribution in [2.75, 3.05) is 40.0 Å². The molecule has 2 N–H and O–H groups in total. The van der Waals surface area contributed by atoms with Crippen LogP contribution >= 0.6 is 0 Å². The highest BCUT2D eigenvalue weighted by Crippen LogP contribution is 2.38. The van der Waals surface area contributed by atoms with Gasteiger partial charge >= 0.3 is 5.91 Å². The molecular formula is C26H30N4O5. The Bertz CT molecular complexity index is 1110. The van der Waals surface area contributed by atoms with Crippen molar-refractivity contribution in [2.45, 2.75) is 31.0 Å². The van der Waals surface area contributed by atoms with Crippen LogP contribution in [0.15, 0.2) is 48.5 Å². The first-order valence-corrected chi connectivity index (χ1v) is 11.8. The molecule has 184 valence electrons. The van der Waals surface area contributed by atoms with Gasteiger partial charge in [0.05, 0.1) is 39.0 Å². The quantitative estimate of drug-likeness (QED) is 0.488. The number of nitrogens with one attached hydrogen (secondary N) is 2. The highest BCUT2D eigenvalue weighted by atomic mass is 16.5. The molecule has 3 aliphatic rings. The minimum absolute atomic E-state index is 0.200. The van der Waals surface area contributed by atoms with Gasteiger partial charge in [-0.2, -0.15) is 0 Å². The zero-order valence-corrected chi connectivity index (χ0v) is 19.8. The van der Waals surface area contributed by atoms with Crippen LogP contribution in [0.25, 0.3) is 0 Å². The number of hydrogen-bond acceptors (Lipinski definition) is 8. The summed E-state index contributed by atoms with van der Waals surface area (Å²) in [6.07, 6.45) is 2.20. The minimum Gasteiger partial charge on any atom is -0.493 e. The van der Waals surface area contributed by atoms with Gasteiger partial charge in [0.15, 0.2) is 11.5 Å². The second-order valence-corrected chi connectivity index (χ2v) is 9.30. The molecule has 3 fully saturated rings. The van der Waals surface area contributed by atoms with E-state index in [0.717, 1.165) is 26.3 Å². The summed E-state index contributed by atoms with van der Waals surface area (Å²) in [5, 5.41) is 15.9. The van der Waals surface area contributed by atoms with Crippen LogP contribution in [-0.4, -0.2) is 79.1 Å². The number of nitrogens with zero attached hydrogens (tertiary/aromatic N) is 2. The first-order chi connectivity index (χ1) is 17.0. The summed E-state index contributed by atoms with van der Waals surface area (Å²) in [6, 6.07) is 14.7. The van der Waals surface area contributed by atoms with Crippen LogP contribution in [0.5, 0.6) is 11.5 Å². The lowest BCUT2D eigenvalue weighted by Crippen LogP contribution is -2.58. The van der Waals surface area contributed by atoms with Crippen molar-refractivity contribution in [3.63, 3.8) is 0 Å². The van der Waals surface area contributed by atoms with Crippen LogP contribution in [0.2, 0.25) is 0 Å². The van der Waals surface area contributed by atoms with Gasteiger partial charge in [-0.15, -0.1) is 0 Å². The monoisotopic (exact) mass is 478 g/mol. The van der Waals surface area contributed by atoms with Crippen molar-refractivity contribution in [2.24, 2.45) is 0 Å². The van der Waals surface area contributed by atoms with Crippen molar-refractivity contribution in [3.8, 4) is 11.5 Å². The highest BCUT2D eigenvalue weighted by molar-refractivity contribution is 6.36. The van der Waals surface area contributed by atoms with E-state index < -0.39 is 11.8 Å². The summed E-state index contributed by atoms with van der Waals surface area (Å²) < 4.78 is 22.3. The Morgan fingerprint density at radius 3 is 2.57 bits per heavy atom. The molecule has 9 heteroatoms. The summed E-state index contributed by atoms with van der Waals surface area (Å²) in [5.74, 6) is -0.0682. The van der Waals surface area contributed by atoms with E-state index >= 15 is 0 Å². The summed E-state index contributed by atoms with van der Waals surface area (Å²) in [7, 11) is 1.63. The van der Waals surface area contributed by atoms with Crippen LogP contribution < -0.4 is 9.47 Å². The van der Waals surface area contributed by atoms with Crippen molar-refractivity contribution >= 4 is 17.7 Å². The number of methoxy groups -OCH3 is 1. The predicted molar refractivity (Wildman–Crippen MR) is 129 cm³/mol. The highest BCUT2D eigenvalue weighted by Gasteiger charge is 2.47. The van der Waals surface area contributed by atoms with Gasteiger partial charge < -0.3 is 23.8 Å². The third-order valence-corrected chi connectivity index (χ3v) is 6.95. The fraction of sp³-hybridized carbons (Fsp3) is 0.423. The molecule has 1 spiro atoms. The van der Waals surface area contributed by atoms with Gasteiger partial charge in [-0.1, -0.05) is 24.3 Å². The molecule has 2 aromatic rings. The lowest BCUT2D eigenvalue weighted by molar-refractivity contribution is -0.133. The number of amides is 1. The average molecular weight is 479 g/mol. The van der Waals surface area contributed by atoms with Gasteiger partial charge in [-0.05, 0) is 49.2 Å². The lowest BCUT2D eigenvalue weighted by atomic mass is 9.94. The van der Waals surface area contributed by atoms with Crippen LogP contribution in [0.1, 0.15) is 24.0 Å². The molecule has 2 aromatic carbocycles. The molecular weight excluding hydrogens is 448 g/mol. The number of carbonyl (C=O) groups is 1. The number of rotatable bonds is 6. The molecule has 0 aromatic heterocycles. The number of likely N-dealkylation sites (tertiary alicyclic amines) is 2. The smallest absolute Gasteiger partial charge is 0.309 e. The minimum atomic E-state index is -0.573. The van der Waals surface area contributed by atoms with E-state index in [4.69, 9.17) is 29.8 Å². The molecule has 1 amide bonds. The summed E-state index contributed by atoms with van der Waals surface area (Å²) in [5.41, 5.74) is 1.88. The fourth-order valence-electron chi connectivity index (χ4n) is 4.83. The van der Waals surface area contributed by atoms with E-state index in [9.17, 15) is 4.79 Å². The standard InChI is InChI=1S/C26H30N4O5/c1-32-22-12-18(13-30-11-5-10-26(30)16-33-17-26)8-9-21(22)34-20-14-29(15-20)25(31)24(28)35-23(27)19-6-3-2-4-7-19/h2-4,6-9,12,20,27-28H,5,10-11,13-17H2,1H3. The molecule has 0 radical (unpaired) electrons. The van der Waals surface area contributed by atoms with Crippen LogP contribution in [-0.2, 0) is 20.8 Å². The van der Waals surface area contributed by atoms with E-state index in [0.29, 0.717) is 30.2 Å². The van der Waals surface area contributed by atoms with Crippen molar-refractivity contribution < 1.29 is 23.7 Å². The number of carbonyl (C=O) groups excluding carboxylic acids is 1. The van der Waals surface area contributed by atoms with Gasteiger partial charge in [-0.25, -0.2) is 0 Å². The summed E-state index contributed by atoms with van der Waals surface area (Å²) in [4.78, 5) is 16.5. The lowest BCUT2D eigenvalue weighted by Gasteiger charge is -2.45. The maximum absolute atomic E-state index is 12.5. The Hall–Kier alpha value is -3.43. The molecule has 35 heavy (non-hydrogen) atoms. The van der Waals surface area contributed by atoms with Crippen molar-refractivity contribution in [1.29, 1.82) is 10.8 Å². The van der Waals surface area contributed by atoms with Crippen LogP contribution in [0.3, 0.4) is 0 Å². The SMILES string of the molecule is COc1cc(CN2CCCC23COC3)ccc1OC1CN(C(=O)C(=N)OC(=N)c2ccccc2)C1. The molecule has 0 bridgehead atoms. The van der Waals surface area contributed by atoms with Gasteiger partial charge in [-0.3, -0.25) is 20.5 Å². The van der Waals surface area contributed by atoms with Gasteiger partial charge in [0, 0.05) is 12.1 Å². The van der Waals surface area contributed by atoms with Gasteiger partial charge in [0.2, 0.25) is 5.90 Å². The second kappa shape index (κ2) is 9.67. The summed E-state index contributed by atoms with van der Waals surface area (Å²) in [6.45, 7) is 4.25. The van der Waals surface area contributed by atoms with Gasteiger partial charge in [0.25, 0.3) is 5.90 Å². The zero-order chi connectivity index (χ0) is 24.4. The van der Waals surface area contributed by atoms with Crippen LogP contribution in [0.4, 0.5) is 0 Å². The first kappa shape index (κ1) is 23.3. The average Bonchev–Trinajstić information content (AvgIpc) is 3.26. The third-order valence-electron chi connectivity index (χ3n) is 6.95. The predicted octanol–water partition coefficient (Wildman–Crippen LogP) is 2.67. The third kappa shape index (κ3) is 4.74. The Balaban J connectivity index is 1.13. The van der Waals surface area contributed by atoms with Gasteiger partial charge in [0.1, 0.15) is 6.10 Å². The van der Waals surface area contributed by atoms with E-state index in [1.54, 1.807) is 31.4 Å². The summed E-state index contributed by atoms with van der Waals surface area (Å²) >= 11 is 0. The molecule has 3 heterocycles. The van der Waals surface area contributed by atoms with Crippen LogP contribution in [0, 0.1) is 10.8 Å². The maximum Gasteiger partial charge on any atom is 0.309 e. The Kier molecular flexibility index (Phi) is 6.44. The first-order valence-electron chi connectivity index (χ1n) is 11.8. The Labute approximate surface area is 204 Å². The topological polar surface area (TPSA) is 108 Å². The number of ether oxygens (including phenoxy) is 4. The van der Waals surface area contributed by atoms with E-state index in [2.05, 4.69) is 11.0 Å².